The lowest BCUT2D eigenvalue weighted by Crippen LogP contribution is -2.42. The van der Waals surface area contributed by atoms with Crippen LogP contribution in [0.1, 0.15) is 43.2 Å². The van der Waals surface area contributed by atoms with Gasteiger partial charge >= 0.3 is 5.97 Å². The van der Waals surface area contributed by atoms with Gasteiger partial charge in [0.15, 0.2) is 0 Å². The van der Waals surface area contributed by atoms with Crippen LogP contribution in [0.2, 0.25) is 5.02 Å². The molecule has 1 saturated heterocycles. The minimum absolute atomic E-state index is 0.154. The minimum atomic E-state index is -0.699. The fourth-order valence-electron chi connectivity index (χ4n) is 5.31. The topological polar surface area (TPSA) is 62.7 Å². The number of halogens is 1. The van der Waals surface area contributed by atoms with Crippen molar-refractivity contribution in [1.82, 2.24) is 9.88 Å². The number of hydrogen-bond donors (Lipinski definition) is 1. The number of benzene rings is 2. The molecule has 192 valence electrons. The average Bonchev–Trinajstić information content (AvgIpc) is 2.86. The van der Waals surface area contributed by atoms with Crippen molar-refractivity contribution in [3.8, 4) is 5.75 Å². The molecule has 0 saturated carbocycles. The molecule has 0 bridgehead atoms. The summed E-state index contributed by atoms with van der Waals surface area (Å²) in [5.74, 6) is 1.13. The lowest BCUT2D eigenvalue weighted by molar-refractivity contribution is -0.140. The summed E-state index contributed by atoms with van der Waals surface area (Å²) < 4.78 is 5.40. The number of thioether (sulfide) groups is 1. The van der Waals surface area contributed by atoms with Gasteiger partial charge in [-0.3, -0.25) is 9.78 Å². The van der Waals surface area contributed by atoms with Crippen LogP contribution in [0.3, 0.4) is 0 Å². The van der Waals surface area contributed by atoms with Crippen molar-refractivity contribution in [1.29, 1.82) is 0 Å². The monoisotopic (exact) mass is 526 g/mol. The molecule has 3 aromatic rings. The van der Waals surface area contributed by atoms with Gasteiger partial charge in [0.1, 0.15) is 5.75 Å². The number of carbonyl (C=O) groups is 1. The number of carboxylic acid groups (broad SMARTS) is 1. The first-order valence-electron chi connectivity index (χ1n) is 12.6. The second kappa shape index (κ2) is 12.3. The zero-order chi connectivity index (χ0) is 25.5. The Labute approximate surface area is 223 Å². The lowest BCUT2D eigenvalue weighted by Gasteiger charge is -2.41. The molecule has 0 radical (unpaired) electrons. The number of fused-ring (bicyclic) bond motifs is 1. The molecule has 0 spiro atoms. The summed E-state index contributed by atoms with van der Waals surface area (Å²) in [6, 6.07) is 14.5. The molecule has 1 aromatic heterocycles. The molecule has 5 nitrogen and oxygen atoms in total. The van der Waals surface area contributed by atoms with Gasteiger partial charge in [0.05, 0.1) is 24.1 Å². The summed E-state index contributed by atoms with van der Waals surface area (Å²) in [6.45, 7) is 5.07. The highest BCUT2D eigenvalue weighted by Gasteiger charge is 2.36. The third-order valence-electron chi connectivity index (χ3n) is 7.38. The Bertz CT molecular complexity index is 1190. The first kappa shape index (κ1) is 26.8. The zero-order valence-corrected chi connectivity index (χ0v) is 22.7. The summed E-state index contributed by atoms with van der Waals surface area (Å²) in [6.07, 6.45) is 6.37. The number of rotatable bonds is 11. The first-order chi connectivity index (χ1) is 17.4. The van der Waals surface area contributed by atoms with Gasteiger partial charge in [0.2, 0.25) is 0 Å². The molecular formula is C29H35ClN2O3S. The number of nitrogens with zero attached hydrogens (tertiary/aromatic N) is 2. The molecule has 0 amide bonds. The Morgan fingerprint density at radius 2 is 2.03 bits per heavy atom. The molecular weight excluding hydrogens is 492 g/mol. The molecule has 2 aromatic carbocycles. The Morgan fingerprint density at radius 1 is 1.22 bits per heavy atom. The second-order valence-electron chi connectivity index (χ2n) is 9.90. The van der Waals surface area contributed by atoms with E-state index >= 15 is 0 Å². The number of aromatic nitrogens is 1. The SMILES string of the molecule is COc1ccc2ncc(Cl)c(CCCC3(CC(=O)O)CCN(CCSc4cccc(C)c4)CC3)c2c1. The molecule has 1 aliphatic rings. The summed E-state index contributed by atoms with van der Waals surface area (Å²) in [5.41, 5.74) is 3.10. The van der Waals surface area contributed by atoms with Gasteiger partial charge in [-0.25, -0.2) is 0 Å². The average molecular weight is 527 g/mol. The minimum Gasteiger partial charge on any atom is -0.497 e. The zero-order valence-electron chi connectivity index (χ0n) is 21.1. The van der Waals surface area contributed by atoms with Gasteiger partial charge < -0.3 is 14.7 Å². The standard InChI is InChI=1S/C29H35ClN2O3S/c1-21-5-3-6-23(17-21)36-16-15-32-13-11-29(12-14-32,19-28(33)34)10-4-7-24-25-18-22(35-2)8-9-27(25)31-20-26(24)30/h3,5-6,8-9,17-18,20H,4,7,10-16,19H2,1-2H3,(H,33,34). The Hall–Kier alpha value is -2.28. The largest absolute Gasteiger partial charge is 0.497 e. The van der Waals surface area contributed by atoms with Crippen LogP contribution in [0.4, 0.5) is 0 Å². The number of hydrogen-bond acceptors (Lipinski definition) is 5. The van der Waals surface area contributed by atoms with E-state index < -0.39 is 5.97 Å². The van der Waals surface area contributed by atoms with Crippen LogP contribution in [-0.2, 0) is 11.2 Å². The van der Waals surface area contributed by atoms with E-state index in [-0.39, 0.29) is 11.8 Å². The van der Waals surface area contributed by atoms with Crippen molar-refractivity contribution in [3.05, 3.63) is 64.8 Å². The Morgan fingerprint density at radius 3 is 2.75 bits per heavy atom. The molecule has 36 heavy (non-hydrogen) atoms. The van der Waals surface area contributed by atoms with Crippen molar-refractivity contribution in [3.63, 3.8) is 0 Å². The third-order valence-corrected chi connectivity index (χ3v) is 8.68. The van der Waals surface area contributed by atoms with E-state index in [0.29, 0.717) is 5.02 Å². The number of pyridine rings is 1. The van der Waals surface area contributed by atoms with Crippen molar-refractivity contribution >= 4 is 40.2 Å². The van der Waals surface area contributed by atoms with Gasteiger partial charge in [-0.05, 0) is 93.4 Å². The second-order valence-corrected chi connectivity index (χ2v) is 11.5. The maximum absolute atomic E-state index is 11.8. The van der Waals surface area contributed by atoms with Crippen LogP contribution < -0.4 is 4.74 Å². The van der Waals surface area contributed by atoms with Gasteiger partial charge in [-0.1, -0.05) is 29.3 Å². The number of piperidine rings is 1. The molecule has 4 rings (SSSR count). The highest BCUT2D eigenvalue weighted by molar-refractivity contribution is 7.99. The number of likely N-dealkylation sites (tertiary alicyclic amines) is 1. The van der Waals surface area contributed by atoms with Crippen molar-refractivity contribution in [2.75, 3.05) is 32.5 Å². The number of aryl methyl sites for hydroxylation is 2. The van der Waals surface area contributed by atoms with Crippen LogP contribution in [0.15, 0.2) is 53.6 Å². The van der Waals surface area contributed by atoms with Crippen molar-refractivity contribution < 1.29 is 14.6 Å². The maximum Gasteiger partial charge on any atom is 0.303 e. The van der Waals surface area contributed by atoms with E-state index in [4.69, 9.17) is 16.3 Å². The lowest BCUT2D eigenvalue weighted by atomic mass is 9.72. The fourth-order valence-corrected chi connectivity index (χ4v) is 6.58. The van der Waals surface area contributed by atoms with Crippen molar-refractivity contribution in [2.45, 2.75) is 50.3 Å². The Balaban J connectivity index is 1.34. The van der Waals surface area contributed by atoms with Crippen LogP contribution in [0.25, 0.3) is 10.9 Å². The number of methoxy groups -OCH3 is 1. The number of aliphatic carboxylic acids is 1. The van der Waals surface area contributed by atoms with Crippen LogP contribution in [0, 0.1) is 12.3 Å². The first-order valence-corrected chi connectivity index (χ1v) is 14.0. The van der Waals surface area contributed by atoms with Crippen LogP contribution >= 0.6 is 23.4 Å². The van der Waals surface area contributed by atoms with Crippen LogP contribution in [-0.4, -0.2) is 53.5 Å². The van der Waals surface area contributed by atoms with Crippen molar-refractivity contribution in [2.24, 2.45) is 5.41 Å². The van der Waals surface area contributed by atoms with Gasteiger partial charge in [-0.2, -0.15) is 0 Å². The fraction of sp³-hybridized carbons (Fsp3) is 0.448. The molecule has 1 N–H and O–H groups in total. The molecule has 0 aliphatic carbocycles. The summed E-state index contributed by atoms with van der Waals surface area (Å²) >= 11 is 8.45. The molecule has 7 heteroatoms. The highest BCUT2D eigenvalue weighted by atomic mass is 35.5. The third kappa shape index (κ3) is 6.93. The quantitative estimate of drug-likeness (QED) is 0.275. The van der Waals surface area contributed by atoms with E-state index in [2.05, 4.69) is 41.1 Å². The maximum atomic E-state index is 11.8. The molecule has 0 atom stereocenters. The van der Waals surface area contributed by atoms with Gasteiger partial charge in [0, 0.05) is 28.8 Å². The summed E-state index contributed by atoms with van der Waals surface area (Å²) in [5, 5.41) is 11.4. The van der Waals surface area contributed by atoms with E-state index in [1.54, 1.807) is 13.3 Å². The van der Waals surface area contributed by atoms with Gasteiger partial charge in [-0.15, -0.1) is 11.8 Å². The number of ether oxygens (including phenoxy) is 1. The normalized spacial score (nSPS) is 15.8. The Kier molecular flexibility index (Phi) is 9.15. The van der Waals surface area contributed by atoms with E-state index in [1.165, 1.54) is 10.5 Å². The number of carboxylic acids is 1. The van der Waals surface area contributed by atoms with E-state index in [1.807, 2.05) is 30.0 Å². The predicted molar refractivity (Wildman–Crippen MR) is 149 cm³/mol. The molecule has 2 heterocycles. The van der Waals surface area contributed by atoms with E-state index in [0.717, 1.165) is 79.7 Å². The predicted octanol–water partition coefficient (Wildman–Crippen LogP) is 6.88. The summed E-state index contributed by atoms with van der Waals surface area (Å²) in [7, 11) is 1.65. The van der Waals surface area contributed by atoms with Crippen LogP contribution in [0.5, 0.6) is 5.75 Å². The van der Waals surface area contributed by atoms with Gasteiger partial charge in [0.25, 0.3) is 0 Å². The summed E-state index contributed by atoms with van der Waals surface area (Å²) in [4.78, 5) is 20.0. The molecule has 1 aliphatic heterocycles. The highest BCUT2D eigenvalue weighted by Crippen LogP contribution is 2.41. The van der Waals surface area contributed by atoms with E-state index in [9.17, 15) is 9.90 Å². The smallest absolute Gasteiger partial charge is 0.303 e. The molecule has 0 unspecified atom stereocenters. The molecule has 1 fully saturated rings.